The zero-order valence-corrected chi connectivity index (χ0v) is 18.0. The van der Waals surface area contributed by atoms with Crippen molar-refractivity contribution in [3.8, 4) is 11.4 Å². The molecule has 0 atom stereocenters. The van der Waals surface area contributed by atoms with E-state index in [1.807, 2.05) is 0 Å². The molecule has 4 nitrogen and oxygen atoms in total. The van der Waals surface area contributed by atoms with Crippen LogP contribution in [0.2, 0.25) is 0 Å². The van der Waals surface area contributed by atoms with Gasteiger partial charge in [-0.15, -0.1) is 0 Å². The number of alkyl halides is 6. The van der Waals surface area contributed by atoms with Crippen LogP contribution < -0.4 is 10.3 Å². The van der Waals surface area contributed by atoms with Crippen molar-refractivity contribution in [2.24, 2.45) is 0 Å². The second-order valence-corrected chi connectivity index (χ2v) is 7.50. The Morgan fingerprint density at radius 1 is 0.829 bits per heavy atom. The predicted octanol–water partition coefficient (Wildman–Crippen LogP) is 6.60. The first-order valence-corrected chi connectivity index (χ1v) is 10.1. The summed E-state index contributed by atoms with van der Waals surface area (Å²) in [7, 11) is 1.49. The number of benzene rings is 3. The largest absolute Gasteiger partial charge is 0.497 e. The lowest BCUT2D eigenvalue weighted by molar-refractivity contribution is -0.143. The summed E-state index contributed by atoms with van der Waals surface area (Å²) >= 11 is 0. The van der Waals surface area contributed by atoms with E-state index in [0.29, 0.717) is 23.4 Å². The lowest BCUT2D eigenvalue weighted by atomic mass is 10.1. The zero-order chi connectivity index (χ0) is 25.4. The normalized spacial score (nSPS) is 12.4. The third-order valence-corrected chi connectivity index (χ3v) is 5.17. The van der Waals surface area contributed by atoms with Crippen LogP contribution in [0.3, 0.4) is 0 Å². The van der Waals surface area contributed by atoms with Crippen LogP contribution in [0.15, 0.2) is 71.5 Å². The SMILES string of the molecule is COc1ccc(C=Cc2nc3ccccc3c(=O)n2-c2cc(C(F)(F)F)cc(C(F)(F)F)c2)cc1. The number of para-hydroxylation sites is 1. The van der Waals surface area contributed by atoms with Crippen molar-refractivity contribution in [2.45, 2.75) is 12.4 Å². The summed E-state index contributed by atoms with van der Waals surface area (Å²) in [6.07, 6.45) is -7.25. The lowest BCUT2D eigenvalue weighted by Crippen LogP contribution is -2.23. The first-order chi connectivity index (χ1) is 16.5. The van der Waals surface area contributed by atoms with Gasteiger partial charge in [0, 0.05) is 0 Å². The minimum absolute atomic E-state index is 0.00980. The molecule has 0 bridgehead atoms. The Morgan fingerprint density at radius 3 is 2.00 bits per heavy atom. The average molecular weight is 490 g/mol. The summed E-state index contributed by atoms with van der Waals surface area (Å²) in [4.78, 5) is 17.6. The van der Waals surface area contributed by atoms with E-state index in [0.717, 1.165) is 4.57 Å². The van der Waals surface area contributed by atoms with E-state index in [4.69, 9.17) is 4.74 Å². The number of ether oxygens (including phenoxy) is 1. The lowest BCUT2D eigenvalue weighted by Gasteiger charge is -2.17. The predicted molar refractivity (Wildman–Crippen MR) is 119 cm³/mol. The molecule has 0 N–H and O–H groups in total. The minimum Gasteiger partial charge on any atom is -0.497 e. The van der Waals surface area contributed by atoms with Crippen molar-refractivity contribution < 1.29 is 31.1 Å². The molecule has 0 saturated heterocycles. The first kappa shape index (κ1) is 24.1. The molecule has 0 aliphatic rings. The Balaban J connectivity index is 1.98. The molecule has 180 valence electrons. The standard InChI is InChI=1S/C25H16F6N2O2/c1-35-19-9-6-15(7-10-19)8-11-22-32-21-5-3-2-4-20(21)23(34)33(22)18-13-16(24(26,27)28)12-17(14-18)25(29,30)31/h2-14H,1H3. The third kappa shape index (κ3) is 5.06. The molecule has 10 heteroatoms. The monoisotopic (exact) mass is 490 g/mol. The maximum atomic E-state index is 13.4. The van der Waals surface area contributed by atoms with Gasteiger partial charge in [-0.1, -0.05) is 30.3 Å². The smallest absolute Gasteiger partial charge is 0.416 e. The summed E-state index contributed by atoms with van der Waals surface area (Å²) in [5.74, 6) is 0.448. The van der Waals surface area contributed by atoms with Gasteiger partial charge in [-0.25, -0.2) is 4.98 Å². The maximum absolute atomic E-state index is 13.4. The molecule has 0 unspecified atom stereocenters. The number of aromatic nitrogens is 2. The van der Waals surface area contributed by atoms with Gasteiger partial charge >= 0.3 is 12.4 Å². The molecule has 0 radical (unpaired) electrons. The molecule has 3 aromatic carbocycles. The Hall–Kier alpha value is -4.08. The van der Waals surface area contributed by atoms with E-state index in [1.165, 1.54) is 37.5 Å². The summed E-state index contributed by atoms with van der Waals surface area (Å²) in [5.41, 5.74) is -3.60. The highest BCUT2D eigenvalue weighted by atomic mass is 19.4. The van der Waals surface area contributed by atoms with Gasteiger partial charge in [0.25, 0.3) is 5.56 Å². The number of hydrogen-bond donors (Lipinski definition) is 0. The quantitative estimate of drug-likeness (QED) is 0.303. The third-order valence-electron chi connectivity index (χ3n) is 5.17. The van der Waals surface area contributed by atoms with Gasteiger partial charge in [-0.2, -0.15) is 26.3 Å². The second-order valence-electron chi connectivity index (χ2n) is 7.50. The summed E-state index contributed by atoms with van der Waals surface area (Å²) in [6.45, 7) is 0. The van der Waals surface area contributed by atoms with E-state index in [2.05, 4.69) is 4.98 Å². The van der Waals surface area contributed by atoms with Gasteiger partial charge < -0.3 is 4.74 Å². The van der Waals surface area contributed by atoms with Gasteiger partial charge in [-0.05, 0) is 54.1 Å². The number of halogens is 6. The van der Waals surface area contributed by atoms with Crippen LogP contribution in [0.1, 0.15) is 22.5 Å². The van der Waals surface area contributed by atoms with E-state index >= 15 is 0 Å². The first-order valence-electron chi connectivity index (χ1n) is 10.1. The molecule has 0 spiro atoms. The van der Waals surface area contributed by atoms with Gasteiger partial charge in [0.2, 0.25) is 0 Å². The van der Waals surface area contributed by atoms with E-state index in [9.17, 15) is 31.1 Å². The molecule has 35 heavy (non-hydrogen) atoms. The van der Waals surface area contributed by atoms with E-state index in [-0.39, 0.29) is 22.8 Å². The fourth-order valence-electron chi connectivity index (χ4n) is 3.46. The van der Waals surface area contributed by atoms with Crippen molar-refractivity contribution in [3.05, 3.63) is 99.6 Å². The van der Waals surface area contributed by atoms with Gasteiger partial charge in [0.15, 0.2) is 0 Å². The number of hydrogen-bond acceptors (Lipinski definition) is 3. The minimum atomic E-state index is -5.07. The Bertz CT molecular complexity index is 1440. The highest BCUT2D eigenvalue weighted by molar-refractivity contribution is 5.80. The fourth-order valence-corrected chi connectivity index (χ4v) is 3.46. The molecule has 1 heterocycles. The van der Waals surface area contributed by atoms with Crippen molar-refractivity contribution in [1.82, 2.24) is 9.55 Å². The van der Waals surface area contributed by atoms with Crippen LogP contribution in [0.4, 0.5) is 26.3 Å². The molecule has 0 aliphatic heterocycles. The molecule has 0 amide bonds. The van der Waals surface area contributed by atoms with Crippen LogP contribution in [-0.4, -0.2) is 16.7 Å². The molecule has 4 rings (SSSR count). The summed E-state index contributed by atoms with van der Waals surface area (Å²) < 4.78 is 86.5. The van der Waals surface area contributed by atoms with Crippen LogP contribution in [0.25, 0.3) is 28.7 Å². The maximum Gasteiger partial charge on any atom is 0.416 e. The zero-order valence-electron chi connectivity index (χ0n) is 18.0. The molecule has 1 aromatic heterocycles. The van der Waals surface area contributed by atoms with Crippen LogP contribution in [0.5, 0.6) is 5.75 Å². The molecule has 0 saturated carbocycles. The summed E-state index contributed by atoms with van der Waals surface area (Å²) in [5, 5.41) is 0.0417. The molecular weight excluding hydrogens is 474 g/mol. The summed E-state index contributed by atoms with van der Waals surface area (Å²) in [6, 6.07) is 13.8. The fraction of sp³-hybridized carbons (Fsp3) is 0.120. The van der Waals surface area contributed by atoms with Crippen molar-refractivity contribution >= 4 is 23.1 Å². The molecule has 0 aliphatic carbocycles. The molecule has 0 fully saturated rings. The number of methoxy groups -OCH3 is 1. The van der Waals surface area contributed by atoms with Gasteiger partial charge in [0.1, 0.15) is 11.6 Å². The number of nitrogens with zero attached hydrogens (tertiary/aromatic N) is 2. The van der Waals surface area contributed by atoms with Crippen molar-refractivity contribution in [3.63, 3.8) is 0 Å². The molecular formula is C25H16F6N2O2. The Morgan fingerprint density at radius 2 is 1.43 bits per heavy atom. The topological polar surface area (TPSA) is 44.1 Å². The molecule has 4 aromatic rings. The Kier molecular flexibility index (Phi) is 6.14. The average Bonchev–Trinajstić information content (AvgIpc) is 2.82. The van der Waals surface area contributed by atoms with Gasteiger partial charge in [0.05, 0.1) is 34.8 Å². The van der Waals surface area contributed by atoms with Gasteiger partial charge in [-0.3, -0.25) is 9.36 Å². The Labute approximate surface area is 194 Å². The highest BCUT2D eigenvalue weighted by Crippen LogP contribution is 2.37. The number of fused-ring (bicyclic) bond motifs is 1. The second kappa shape index (κ2) is 8.94. The number of rotatable bonds is 4. The van der Waals surface area contributed by atoms with Crippen molar-refractivity contribution in [1.29, 1.82) is 0 Å². The van der Waals surface area contributed by atoms with Crippen LogP contribution in [0, 0.1) is 0 Å². The highest BCUT2D eigenvalue weighted by Gasteiger charge is 2.37. The van der Waals surface area contributed by atoms with E-state index in [1.54, 1.807) is 30.3 Å². The van der Waals surface area contributed by atoms with E-state index < -0.39 is 34.7 Å². The van der Waals surface area contributed by atoms with Crippen LogP contribution >= 0.6 is 0 Å². The van der Waals surface area contributed by atoms with Crippen molar-refractivity contribution in [2.75, 3.05) is 7.11 Å². The van der Waals surface area contributed by atoms with Crippen LogP contribution in [-0.2, 0) is 12.4 Å².